The van der Waals surface area contributed by atoms with Gasteiger partial charge < -0.3 is 15.5 Å². The first kappa shape index (κ1) is 17.2. The molecule has 0 saturated carbocycles. The molecule has 0 aliphatic carbocycles. The SMILES string of the molecule is CC(NC(=O)CCCn1c(=O)oc2cc([N+](=O)[O-])ccc21)C(N)=O. The Labute approximate surface area is 135 Å². The summed E-state index contributed by atoms with van der Waals surface area (Å²) in [4.78, 5) is 44.5. The minimum Gasteiger partial charge on any atom is -0.407 e. The molecule has 10 heteroatoms. The average Bonchev–Trinajstić information content (AvgIpc) is 2.82. The van der Waals surface area contributed by atoms with Gasteiger partial charge in [-0.25, -0.2) is 4.79 Å². The molecule has 0 aliphatic rings. The largest absolute Gasteiger partial charge is 0.419 e. The van der Waals surface area contributed by atoms with Crippen LogP contribution >= 0.6 is 0 Å². The number of aryl methyl sites for hydroxylation is 1. The summed E-state index contributed by atoms with van der Waals surface area (Å²) in [7, 11) is 0. The zero-order chi connectivity index (χ0) is 17.9. The first-order chi connectivity index (χ1) is 11.3. The molecule has 1 atom stereocenters. The van der Waals surface area contributed by atoms with E-state index in [1.165, 1.54) is 29.7 Å². The predicted octanol–water partition coefficient (Wildman–Crippen LogP) is 0.273. The van der Waals surface area contributed by atoms with Crippen molar-refractivity contribution in [2.24, 2.45) is 5.73 Å². The number of amides is 2. The van der Waals surface area contributed by atoms with Crippen LogP contribution in [0.25, 0.3) is 11.1 Å². The molecule has 128 valence electrons. The fourth-order valence-electron chi connectivity index (χ4n) is 2.16. The highest BCUT2D eigenvalue weighted by Crippen LogP contribution is 2.20. The summed E-state index contributed by atoms with van der Waals surface area (Å²) in [5.41, 5.74) is 5.39. The van der Waals surface area contributed by atoms with Gasteiger partial charge in [0, 0.05) is 19.0 Å². The molecule has 0 saturated heterocycles. The number of aromatic nitrogens is 1. The summed E-state index contributed by atoms with van der Waals surface area (Å²) in [6, 6.07) is 3.10. The second kappa shape index (κ2) is 6.94. The van der Waals surface area contributed by atoms with E-state index in [2.05, 4.69) is 5.32 Å². The zero-order valence-corrected chi connectivity index (χ0v) is 12.9. The van der Waals surface area contributed by atoms with Gasteiger partial charge in [0.15, 0.2) is 5.58 Å². The third-order valence-corrected chi connectivity index (χ3v) is 3.45. The van der Waals surface area contributed by atoms with E-state index in [4.69, 9.17) is 10.2 Å². The summed E-state index contributed by atoms with van der Waals surface area (Å²) in [5, 5.41) is 13.2. The quantitative estimate of drug-likeness (QED) is 0.547. The van der Waals surface area contributed by atoms with E-state index < -0.39 is 22.6 Å². The van der Waals surface area contributed by atoms with Crippen LogP contribution in [0, 0.1) is 10.1 Å². The lowest BCUT2D eigenvalue weighted by atomic mass is 10.2. The Bertz CT molecular complexity index is 853. The molecule has 24 heavy (non-hydrogen) atoms. The van der Waals surface area contributed by atoms with Crippen LogP contribution in [-0.2, 0) is 16.1 Å². The van der Waals surface area contributed by atoms with Crippen molar-refractivity contribution in [1.29, 1.82) is 0 Å². The molecule has 2 rings (SSSR count). The lowest BCUT2D eigenvalue weighted by molar-refractivity contribution is -0.384. The maximum absolute atomic E-state index is 11.8. The number of hydrogen-bond donors (Lipinski definition) is 2. The molecule has 0 aliphatic heterocycles. The molecule has 1 aromatic carbocycles. The van der Waals surface area contributed by atoms with Crippen LogP contribution in [0.2, 0.25) is 0 Å². The number of fused-ring (bicyclic) bond motifs is 1. The molecule has 0 fully saturated rings. The van der Waals surface area contributed by atoms with Crippen molar-refractivity contribution in [3.05, 3.63) is 38.9 Å². The number of non-ortho nitro benzene ring substituents is 1. The summed E-state index contributed by atoms with van der Waals surface area (Å²) in [6.07, 6.45) is 0.409. The fraction of sp³-hybridized carbons (Fsp3) is 0.357. The molecule has 2 amide bonds. The highest BCUT2D eigenvalue weighted by Gasteiger charge is 2.15. The van der Waals surface area contributed by atoms with Crippen LogP contribution in [0.4, 0.5) is 5.69 Å². The maximum atomic E-state index is 11.8. The molecule has 0 radical (unpaired) electrons. The number of oxazole rings is 1. The normalized spacial score (nSPS) is 12.0. The predicted molar refractivity (Wildman–Crippen MR) is 83.2 cm³/mol. The minimum atomic E-state index is -0.768. The number of nitro groups is 1. The smallest absolute Gasteiger partial charge is 0.407 e. The third-order valence-electron chi connectivity index (χ3n) is 3.45. The Morgan fingerprint density at radius 3 is 2.79 bits per heavy atom. The number of primary amides is 1. The molecule has 0 spiro atoms. The van der Waals surface area contributed by atoms with Crippen LogP contribution in [0.5, 0.6) is 0 Å². The average molecular weight is 336 g/mol. The number of nitro benzene ring substituents is 1. The van der Waals surface area contributed by atoms with E-state index in [9.17, 15) is 24.5 Å². The molecule has 1 heterocycles. The topological polar surface area (TPSA) is 150 Å². The number of nitrogens with two attached hydrogens (primary N) is 1. The second-order valence-electron chi connectivity index (χ2n) is 5.22. The Kier molecular flexibility index (Phi) is 4.97. The number of nitrogens with zero attached hydrogens (tertiary/aromatic N) is 2. The van der Waals surface area contributed by atoms with E-state index in [0.717, 1.165) is 0 Å². The van der Waals surface area contributed by atoms with Crippen molar-refractivity contribution in [1.82, 2.24) is 9.88 Å². The van der Waals surface area contributed by atoms with Crippen LogP contribution in [0.15, 0.2) is 27.4 Å². The van der Waals surface area contributed by atoms with E-state index in [-0.39, 0.29) is 30.1 Å². The van der Waals surface area contributed by atoms with Gasteiger partial charge in [-0.05, 0) is 19.4 Å². The second-order valence-corrected chi connectivity index (χ2v) is 5.22. The molecular weight excluding hydrogens is 320 g/mol. The molecule has 1 unspecified atom stereocenters. The standard InChI is InChI=1S/C14H16N4O6/c1-8(13(15)20)16-12(19)3-2-6-17-10-5-4-9(18(22)23)7-11(10)24-14(17)21/h4-5,7-8H,2-3,6H2,1H3,(H2,15,20)(H,16,19). The van der Waals surface area contributed by atoms with Crippen molar-refractivity contribution in [2.75, 3.05) is 0 Å². The van der Waals surface area contributed by atoms with E-state index in [1.807, 2.05) is 0 Å². The van der Waals surface area contributed by atoms with Gasteiger partial charge in [0.2, 0.25) is 11.8 Å². The number of hydrogen-bond acceptors (Lipinski definition) is 6. The highest BCUT2D eigenvalue weighted by molar-refractivity contribution is 5.86. The van der Waals surface area contributed by atoms with Gasteiger partial charge in [0.25, 0.3) is 5.69 Å². The minimum absolute atomic E-state index is 0.0870. The Hall–Kier alpha value is -3.17. The highest BCUT2D eigenvalue weighted by atomic mass is 16.6. The first-order valence-electron chi connectivity index (χ1n) is 7.16. The molecule has 3 N–H and O–H groups in total. The monoisotopic (exact) mass is 336 g/mol. The maximum Gasteiger partial charge on any atom is 0.419 e. The van der Waals surface area contributed by atoms with Gasteiger partial charge in [-0.1, -0.05) is 0 Å². The van der Waals surface area contributed by atoms with Gasteiger partial charge in [-0.15, -0.1) is 0 Å². The number of nitrogens with one attached hydrogen (secondary N) is 1. The van der Waals surface area contributed by atoms with E-state index >= 15 is 0 Å². The lowest BCUT2D eigenvalue weighted by Gasteiger charge is -2.09. The summed E-state index contributed by atoms with van der Waals surface area (Å²) in [6.45, 7) is 1.67. The fourth-order valence-corrected chi connectivity index (χ4v) is 2.16. The van der Waals surface area contributed by atoms with Crippen molar-refractivity contribution in [3.8, 4) is 0 Å². The van der Waals surface area contributed by atoms with Crippen molar-refractivity contribution < 1.29 is 18.9 Å². The van der Waals surface area contributed by atoms with Crippen molar-refractivity contribution >= 4 is 28.6 Å². The Morgan fingerprint density at radius 2 is 2.17 bits per heavy atom. The van der Waals surface area contributed by atoms with Gasteiger partial charge in [-0.2, -0.15) is 0 Å². The van der Waals surface area contributed by atoms with Gasteiger partial charge in [0.05, 0.1) is 16.5 Å². The van der Waals surface area contributed by atoms with Crippen LogP contribution in [0.3, 0.4) is 0 Å². The van der Waals surface area contributed by atoms with Crippen molar-refractivity contribution in [2.45, 2.75) is 32.4 Å². The van der Waals surface area contributed by atoms with Crippen LogP contribution in [0.1, 0.15) is 19.8 Å². The van der Waals surface area contributed by atoms with Gasteiger partial charge in [-0.3, -0.25) is 24.3 Å². The Balaban J connectivity index is 2.04. The first-order valence-corrected chi connectivity index (χ1v) is 7.16. The summed E-state index contributed by atoms with van der Waals surface area (Å²) >= 11 is 0. The molecule has 10 nitrogen and oxygen atoms in total. The number of carbonyl (C=O) groups excluding carboxylic acids is 2. The third kappa shape index (κ3) is 3.77. The summed E-state index contributed by atoms with van der Waals surface area (Å²) in [5.74, 6) is -1.66. The van der Waals surface area contributed by atoms with Crippen LogP contribution < -0.4 is 16.8 Å². The van der Waals surface area contributed by atoms with E-state index in [1.54, 1.807) is 0 Å². The van der Waals surface area contributed by atoms with Crippen molar-refractivity contribution in [3.63, 3.8) is 0 Å². The molecular formula is C14H16N4O6. The molecule has 2 aromatic rings. The van der Waals surface area contributed by atoms with Gasteiger partial charge >= 0.3 is 5.76 Å². The Morgan fingerprint density at radius 1 is 1.46 bits per heavy atom. The van der Waals surface area contributed by atoms with Crippen LogP contribution in [-0.4, -0.2) is 27.3 Å². The number of carbonyl (C=O) groups is 2. The molecule has 1 aromatic heterocycles. The zero-order valence-electron chi connectivity index (χ0n) is 12.9. The lowest BCUT2D eigenvalue weighted by Crippen LogP contribution is -2.42. The number of benzene rings is 1. The van der Waals surface area contributed by atoms with Gasteiger partial charge in [0.1, 0.15) is 6.04 Å². The number of rotatable bonds is 7. The summed E-state index contributed by atoms with van der Waals surface area (Å²) < 4.78 is 6.28. The van der Waals surface area contributed by atoms with E-state index in [0.29, 0.717) is 11.9 Å². The molecule has 0 bridgehead atoms.